The molecular formula is C20H24O9. The van der Waals surface area contributed by atoms with Gasteiger partial charge in [-0.2, -0.15) is 0 Å². The van der Waals surface area contributed by atoms with E-state index < -0.39 is 48.6 Å². The molecule has 2 rings (SSSR count). The second-order valence-electron chi connectivity index (χ2n) is 6.27. The van der Waals surface area contributed by atoms with Crippen LogP contribution in [-0.2, 0) is 33.3 Å². The van der Waals surface area contributed by atoms with Crippen LogP contribution in [0.3, 0.4) is 0 Å². The number of benzene rings is 1. The minimum Gasteiger partial charge on any atom is -0.463 e. The third kappa shape index (κ3) is 6.38. The number of esters is 3. The predicted molar refractivity (Wildman–Crippen MR) is 98.6 cm³/mol. The lowest BCUT2D eigenvalue weighted by molar-refractivity contribution is -0.300. The van der Waals surface area contributed by atoms with Crippen LogP contribution >= 0.6 is 0 Å². The van der Waals surface area contributed by atoms with E-state index >= 15 is 0 Å². The molecule has 29 heavy (non-hydrogen) atoms. The van der Waals surface area contributed by atoms with Gasteiger partial charge in [-0.05, 0) is 12.1 Å². The third-order valence-corrected chi connectivity index (χ3v) is 4.00. The first-order valence-corrected chi connectivity index (χ1v) is 8.96. The number of aliphatic hydroxyl groups excluding tert-OH is 1. The normalized spacial score (nSPS) is 26.2. The molecule has 1 N–H and O–H groups in total. The summed E-state index contributed by atoms with van der Waals surface area (Å²) < 4.78 is 26.7. The van der Waals surface area contributed by atoms with Crippen molar-refractivity contribution >= 4 is 17.9 Å². The lowest BCUT2D eigenvalue weighted by Crippen LogP contribution is -2.61. The van der Waals surface area contributed by atoms with Crippen molar-refractivity contribution in [2.24, 2.45) is 0 Å². The molecule has 0 amide bonds. The average Bonchev–Trinajstić information content (AvgIpc) is 2.69. The summed E-state index contributed by atoms with van der Waals surface area (Å²) in [4.78, 5) is 35.1. The van der Waals surface area contributed by atoms with Crippen LogP contribution in [0.4, 0.5) is 0 Å². The van der Waals surface area contributed by atoms with E-state index in [0.717, 1.165) is 6.92 Å². The molecule has 0 spiro atoms. The summed E-state index contributed by atoms with van der Waals surface area (Å²) in [6.07, 6.45) is -4.83. The molecule has 0 radical (unpaired) electrons. The molecule has 0 unspecified atom stereocenters. The summed E-state index contributed by atoms with van der Waals surface area (Å²) in [5.74, 6) is -1.99. The van der Waals surface area contributed by atoms with Crippen molar-refractivity contribution in [1.82, 2.24) is 0 Å². The topological polar surface area (TPSA) is 118 Å². The van der Waals surface area contributed by atoms with Crippen LogP contribution in [0.1, 0.15) is 24.2 Å². The molecule has 0 aliphatic carbocycles. The van der Waals surface area contributed by atoms with E-state index in [9.17, 15) is 19.5 Å². The molecule has 1 heterocycles. The first kappa shape index (κ1) is 22.5. The van der Waals surface area contributed by atoms with Gasteiger partial charge in [-0.1, -0.05) is 24.3 Å². The summed E-state index contributed by atoms with van der Waals surface area (Å²) in [6.45, 7) is 5.64. The van der Waals surface area contributed by atoms with E-state index in [1.54, 1.807) is 30.3 Å². The van der Waals surface area contributed by atoms with Crippen LogP contribution in [0.5, 0.6) is 0 Å². The Kier molecular flexibility index (Phi) is 8.32. The van der Waals surface area contributed by atoms with E-state index in [-0.39, 0.29) is 18.8 Å². The van der Waals surface area contributed by atoms with Crippen molar-refractivity contribution in [3.05, 3.63) is 48.6 Å². The van der Waals surface area contributed by atoms with Crippen molar-refractivity contribution in [3.8, 4) is 0 Å². The van der Waals surface area contributed by atoms with Crippen molar-refractivity contribution in [2.75, 3.05) is 13.2 Å². The number of carbonyl (C=O) groups excluding carboxylic acids is 3. The molecule has 1 saturated heterocycles. The molecular weight excluding hydrogens is 384 g/mol. The second kappa shape index (κ2) is 10.7. The van der Waals surface area contributed by atoms with E-state index in [1.165, 1.54) is 13.0 Å². The van der Waals surface area contributed by atoms with Gasteiger partial charge in [-0.15, -0.1) is 6.58 Å². The number of carbonyl (C=O) groups is 3. The molecule has 5 atom stereocenters. The molecule has 9 nitrogen and oxygen atoms in total. The quantitative estimate of drug-likeness (QED) is 0.382. The molecule has 0 bridgehead atoms. The fourth-order valence-electron chi connectivity index (χ4n) is 2.75. The Morgan fingerprint density at radius 1 is 1.10 bits per heavy atom. The minimum absolute atomic E-state index is 0.0370. The highest BCUT2D eigenvalue weighted by Gasteiger charge is 2.50. The van der Waals surface area contributed by atoms with Gasteiger partial charge in [0.05, 0.1) is 12.2 Å². The van der Waals surface area contributed by atoms with E-state index in [4.69, 9.17) is 23.7 Å². The Labute approximate surface area is 168 Å². The number of ether oxygens (including phenoxy) is 5. The third-order valence-electron chi connectivity index (χ3n) is 4.00. The molecule has 9 heteroatoms. The summed E-state index contributed by atoms with van der Waals surface area (Å²) in [6, 6.07) is 8.15. The van der Waals surface area contributed by atoms with Gasteiger partial charge >= 0.3 is 17.9 Å². The Bertz CT molecular complexity index is 718. The van der Waals surface area contributed by atoms with Gasteiger partial charge in [0.15, 0.2) is 18.5 Å². The van der Waals surface area contributed by atoms with Crippen molar-refractivity contribution in [1.29, 1.82) is 0 Å². The molecule has 1 aliphatic rings. The van der Waals surface area contributed by atoms with Crippen LogP contribution in [0.25, 0.3) is 0 Å². The molecule has 1 aliphatic heterocycles. The Morgan fingerprint density at radius 2 is 1.79 bits per heavy atom. The zero-order valence-corrected chi connectivity index (χ0v) is 16.2. The van der Waals surface area contributed by atoms with Crippen molar-refractivity contribution < 1.29 is 43.2 Å². The Balaban J connectivity index is 2.25. The van der Waals surface area contributed by atoms with Crippen LogP contribution < -0.4 is 0 Å². The van der Waals surface area contributed by atoms with Gasteiger partial charge in [-0.25, -0.2) is 4.79 Å². The summed E-state index contributed by atoms with van der Waals surface area (Å²) in [5, 5.41) is 10.8. The lowest BCUT2D eigenvalue weighted by atomic mass is 9.98. The number of hydrogen-bond acceptors (Lipinski definition) is 9. The molecule has 1 aromatic rings. The highest BCUT2D eigenvalue weighted by molar-refractivity contribution is 5.89. The van der Waals surface area contributed by atoms with Gasteiger partial charge in [0.1, 0.15) is 18.8 Å². The highest BCUT2D eigenvalue weighted by Crippen LogP contribution is 2.28. The zero-order valence-electron chi connectivity index (χ0n) is 16.2. The van der Waals surface area contributed by atoms with Gasteiger partial charge in [0, 0.05) is 13.8 Å². The van der Waals surface area contributed by atoms with Gasteiger partial charge in [0.2, 0.25) is 0 Å². The number of rotatable bonds is 8. The van der Waals surface area contributed by atoms with Gasteiger partial charge in [0.25, 0.3) is 0 Å². The maximum Gasteiger partial charge on any atom is 0.338 e. The van der Waals surface area contributed by atoms with Crippen LogP contribution in [0.2, 0.25) is 0 Å². The van der Waals surface area contributed by atoms with E-state index in [1.807, 2.05) is 0 Å². The number of hydrogen-bond donors (Lipinski definition) is 1. The fourth-order valence-corrected chi connectivity index (χ4v) is 2.75. The molecule has 1 fully saturated rings. The first-order valence-electron chi connectivity index (χ1n) is 8.96. The number of aliphatic hydroxyl groups is 1. The van der Waals surface area contributed by atoms with E-state index in [0.29, 0.717) is 0 Å². The molecule has 1 aromatic carbocycles. The average molecular weight is 408 g/mol. The summed E-state index contributed by atoms with van der Waals surface area (Å²) >= 11 is 0. The van der Waals surface area contributed by atoms with Crippen molar-refractivity contribution in [3.63, 3.8) is 0 Å². The SMILES string of the molecule is C=CCO[C@H]1O[C@H](COC(C)=O)[C@@H](OC(C)=O)[C@H](O)[C@H]1OC(=O)c1ccccc1. The van der Waals surface area contributed by atoms with Crippen LogP contribution in [-0.4, -0.2) is 66.9 Å². The van der Waals surface area contributed by atoms with E-state index in [2.05, 4.69) is 6.58 Å². The maximum absolute atomic E-state index is 12.5. The maximum atomic E-state index is 12.5. The standard InChI is InChI=1S/C20H24O9/c1-4-10-25-20-18(29-19(24)14-8-6-5-7-9-14)16(23)17(27-13(3)22)15(28-20)11-26-12(2)21/h4-9,15-18,20,23H,1,10-11H2,2-3H3/t15-,16+,17-,18-,20+/m1/s1. The zero-order chi connectivity index (χ0) is 21.4. The first-order chi connectivity index (χ1) is 13.8. The van der Waals surface area contributed by atoms with Gasteiger partial charge < -0.3 is 28.8 Å². The minimum atomic E-state index is -1.49. The van der Waals surface area contributed by atoms with Gasteiger partial charge in [-0.3, -0.25) is 9.59 Å². The largest absolute Gasteiger partial charge is 0.463 e. The fraction of sp³-hybridized carbons (Fsp3) is 0.450. The van der Waals surface area contributed by atoms with Crippen LogP contribution in [0, 0.1) is 0 Å². The Morgan fingerprint density at radius 3 is 2.38 bits per heavy atom. The highest BCUT2D eigenvalue weighted by atomic mass is 16.7. The molecule has 158 valence electrons. The lowest BCUT2D eigenvalue weighted by Gasteiger charge is -2.42. The molecule has 0 saturated carbocycles. The summed E-state index contributed by atoms with van der Waals surface area (Å²) in [5.41, 5.74) is 0.258. The van der Waals surface area contributed by atoms with Crippen molar-refractivity contribution in [2.45, 2.75) is 44.6 Å². The smallest absolute Gasteiger partial charge is 0.338 e. The Hall–Kier alpha value is -2.75. The molecule has 0 aromatic heterocycles. The second-order valence-corrected chi connectivity index (χ2v) is 6.27. The summed E-state index contributed by atoms with van der Waals surface area (Å²) in [7, 11) is 0. The predicted octanol–water partition coefficient (Wildman–Crippen LogP) is 0.995. The van der Waals surface area contributed by atoms with Crippen LogP contribution in [0.15, 0.2) is 43.0 Å². The monoisotopic (exact) mass is 408 g/mol.